The Bertz CT molecular complexity index is 997. The minimum Gasteiger partial charge on any atom is -0.497 e. The number of thiophene rings is 1. The van der Waals surface area contributed by atoms with Gasteiger partial charge in [0.15, 0.2) is 0 Å². The molecule has 8 nitrogen and oxygen atoms in total. The third kappa shape index (κ3) is 6.13. The predicted octanol–water partition coefficient (Wildman–Crippen LogP) is 2.27. The molecule has 1 atom stereocenters. The molecule has 2 aliphatic rings. The average Bonchev–Trinajstić information content (AvgIpc) is 3.53. The molecule has 180 valence electrons. The zero-order chi connectivity index (χ0) is 23.3. The number of amides is 1. The summed E-state index contributed by atoms with van der Waals surface area (Å²) in [5, 5.41) is 2.05. The van der Waals surface area contributed by atoms with Crippen molar-refractivity contribution in [1.82, 2.24) is 14.1 Å². The molecule has 0 saturated carbocycles. The van der Waals surface area contributed by atoms with Crippen LogP contribution in [0, 0.1) is 0 Å². The van der Waals surface area contributed by atoms with Gasteiger partial charge in [0.2, 0.25) is 15.9 Å². The van der Waals surface area contributed by atoms with Gasteiger partial charge in [-0.3, -0.25) is 9.69 Å². The van der Waals surface area contributed by atoms with E-state index in [9.17, 15) is 13.2 Å². The highest BCUT2D eigenvalue weighted by molar-refractivity contribution is 7.89. The first-order valence-corrected chi connectivity index (χ1v) is 13.6. The molecule has 0 radical (unpaired) electrons. The topological polar surface area (TPSA) is 79.4 Å². The largest absolute Gasteiger partial charge is 0.497 e. The van der Waals surface area contributed by atoms with Crippen LogP contribution in [0.1, 0.15) is 17.7 Å². The maximum Gasteiger partial charge on any atom is 0.243 e. The average molecular weight is 494 g/mol. The highest BCUT2D eigenvalue weighted by Crippen LogP contribution is 2.21. The molecule has 10 heteroatoms. The summed E-state index contributed by atoms with van der Waals surface area (Å²) in [4.78, 5) is 18.5. The second-order valence-corrected chi connectivity index (χ2v) is 11.3. The van der Waals surface area contributed by atoms with Gasteiger partial charge in [0.1, 0.15) is 5.75 Å². The monoisotopic (exact) mass is 493 g/mol. The van der Waals surface area contributed by atoms with Crippen LogP contribution in [0.15, 0.2) is 46.7 Å². The van der Waals surface area contributed by atoms with Gasteiger partial charge in [0.05, 0.1) is 24.7 Å². The van der Waals surface area contributed by atoms with Crippen molar-refractivity contribution < 1.29 is 22.7 Å². The van der Waals surface area contributed by atoms with Crippen LogP contribution in [-0.2, 0) is 26.1 Å². The Balaban J connectivity index is 1.34. The SMILES string of the molecule is COc1ccc(S(=O)(=O)N2CCN(C(=O)CN(Cc3cccs3)C[C@@H]3CCCO3)CC2)cc1. The van der Waals surface area contributed by atoms with E-state index >= 15 is 0 Å². The lowest BCUT2D eigenvalue weighted by molar-refractivity contribution is -0.134. The van der Waals surface area contributed by atoms with Crippen molar-refractivity contribution in [3.63, 3.8) is 0 Å². The molecule has 4 rings (SSSR count). The lowest BCUT2D eigenvalue weighted by Crippen LogP contribution is -2.52. The fourth-order valence-corrected chi connectivity index (χ4v) is 6.42. The van der Waals surface area contributed by atoms with E-state index in [1.807, 2.05) is 11.4 Å². The van der Waals surface area contributed by atoms with Crippen LogP contribution in [-0.4, -0.2) is 87.5 Å². The molecule has 33 heavy (non-hydrogen) atoms. The number of hydrogen-bond acceptors (Lipinski definition) is 7. The van der Waals surface area contributed by atoms with E-state index in [1.54, 1.807) is 47.6 Å². The Kier molecular flexibility index (Phi) is 8.02. The van der Waals surface area contributed by atoms with Gasteiger partial charge in [0.25, 0.3) is 0 Å². The molecule has 2 aromatic rings. The molecule has 0 unspecified atom stereocenters. The number of piperazine rings is 1. The first-order chi connectivity index (χ1) is 16.0. The normalized spacial score (nSPS) is 19.8. The minimum atomic E-state index is -3.59. The number of benzene rings is 1. The summed E-state index contributed by atoms with van der Waals surface area (Å²) in [6, 6.07) is 10.5. The fourth-order valence-electron chi connectivity index (χ4n) is 4.25. The molecule has 0 aliphatic carbocycles. The van der Waals surface area contributed by atoms with Crippen LogP contribution in [0.25, 0.3) is 0 Å². The molecular weight excluding hydrogens is 462 g/mol. The van der Waals surface area contributed by atoms with Gasteiger partial charge in [-0.15, -0.1) is 11.3 Å². The highest BCUT2D eigenvalue weighted by atomic mass is 32.2. The zero-order valence-corrected chi connectivity index (χ0v) is 20.5. The van der Waals surface area contributed by atoms with Gasteiger partial charge in [-0.25, -0.2) is 8.42 Å². The maximum atomic E-state index is 13.1. The number of hydrogen-bond donors (Lipinski definition) is 0. The molecular formula is C23H31N3O5S2. The third-order valence-electron chi connectivity index (χ3n) is 6.09. The van der Waals surface area contributed by atoms with Gasteiger partial charge in [-0.2, -0.15) is 4.31 Å². The van der Waals surface area contributed by atoms with Gasteiger partial charge in [0, 0.05) is 50.8 Å². The minimum absolute atomic E-state index is 0.0334. The Morgan fingerprint density at radius 1 is 1.18 bits per heavy atom. The van der Waals surface area contributed by atoms with Gasteiger partial charge in [-0.05, 0) is 48.6 Å². The first kappa shape index (κ1) is 24.2. The third-order valence-corrected chi connectivity index (χ3v) is 8.87. The van der Waals surface area contributed by atoms with E-state index in [1.165, 1.54) is 9.18 Å². The number of sulfonamides is 1. The predicted molar refractivity (Wildman–Crippen MR) is 127 cm³/mol. The standard InChI is InChI=1S/C23H31N3O5S2/c1-30-19-6-8-22(9-7-19)33(28,29)26-12-10-25(11-13-26)23(27)18-24(16-20-4-2-14-31-20)17-21-5-3-15-32-21/h3,5-9,15,20H,2,4,10-14,16-18H2,1H3/t20-/m0/s1. The van der Waals surface area contributed by atoms with Crippen LogP contribution < -0.4 is 4.74 Å². The smallest absolute Gasteiger partial charge is 0.243 e. The van der Waals surface area contributed by atoms with Crippen molar-refractivity contribution in [3.05, 3.63) is 46.7 Å². The van der Waals surface area contributed by atoms with Gasteiger partial charge < -0.3 is 14.4 Å². The van der Waals surface area contributed by atoms with Gasteiger partial charge >= 0.3 is 0 Å². The van der Waals surface area contributed by atoms with Crippen molar-refractivity contribution in [3.8, 4) is 5.75 Å². The number of nitrogens with zero attached hydrogens (tertiary/aromatic N) is 3. The van der Waals surface area contributed by atoms with Gasteiger partial charge in [-0.1, -0.05) is 6.07 Å². The maximum absolute atomic E-state index is 13.1. The summed E-state index contributed by atoms with van der Waals surface area (Å²) in [6.45, 7) is 3.90. The Labute approximate surface area is 199 Å². The number of carbonyl (C=O) groups excluding carboxylic acids is 1. The molecule has 1 aromatic heterocycles. The summed E-state index contributed by atoms with van der Waals surface area (Å²) in [5.41, 5.74) is 0. The lowest BCUT2D eigenvalue weighted by atomic mass is 10.2. The van der Waals surface area contributed by atoms with E-state index in [2.05, 4.69) is 11.0 Å². The van der Waals surface area contributed by atoms with E-state index < -0.39 is 10.0 Å². The molecule has 2 saturated heterocycles. The van der Waals surface area contributed by atoms with Crippen molar-refractivity contribution >= 4 is 27.3 Å². The fraction of sp³-hybridized carbons (Fsp3) is 0.522. The highest BCUT2D eigenvalue weighted by Gasteiger charge is 2.31. The quantitative estimate of drug-likeness (QED) is 0.533. The Morgan fingerprint density at radius 2 is 1.94 bits per heavy atom. The lowest BCUT2D eigenvalue weighted by Gasteiger charge is -2.35. The first-order valence-electron chi connectivity index (χ1n) is 11.2. The summed E-state index contributed by atoms with van der Waals surface area (Å²) >= 11 is 1.69. The van der Waals surface area contributed by atoms with Crippen molar-refractivity contribution in [2.24, 2.45) is 0 Å². The van der Waals surface area contributed by atoms with Crippen LogP contribution in [0.5, 0.6) is 5.75 Å². The van der Waals surface area contributed by atoms with Crippen LogP contribution in [0.2, 0.25) is 0 Å². The van der Waals surface area contributed by atoms with Crippen LogP contribution >= 0.6 is 11.3 Å². The number of methoxy groups -OCH3 is 1. The Hall–Kier alpha value is -1.98. The summed E-state index contributed by atoms with van der Waals surface area (Å²) < 4.78 is 38.3. The molecule has 1 aromatic carbocycles. The van der Waals surface area contributed by atoms with Crippen molar-refractivity contribution in [2.45, 2.75) is 30.4 Å². The molecule has 2 aliphatic heterocycles. The van der Waals surface area contributed by atoms with Crippen molar-refractivity contribution in [2.75, 3.05) is 53.0 Å². The number of ether oxygens (including phenoxy) is 2. The molecule has 3 heterocycles. The Morgan fingerprint density at radius 3 is 2.55 bits per heavy atom. The molecule has 0 bridgehead atoms. The number of rotatable bonds is 9. The van der Waals surface area contributed by atoms with Crippen molar-refractivity contribution in [1.29, 1.82) is 0 Å². The second kappa shape index (κ2) is 11.0. The molecule has 1 amide bonds. The molecule has 0 N–H and O–H groups in total. The van der Waals surface area contributed by atoms with E-state index in [4.69, 9.17) is 9.47 Å². The summed E-state index contributed by atoms with van der Waals surface area (Å²) in [6.07, 6.45) is 2.26. The summed E-state index contributed by atoms with van der Waals surface area (Å²) in [5.74, 6) is 0.644. The molecule has 2 fully saturated rings. The number of carbonyl (C=O) groups is 1. The van der Waals surface area contributed by atoms with E-state index in [0.29, 0.717) is 25.4 Å². The summed E-state index contributed by atoms with van der Waals surface area (Å²) in [7, 11) is -2.05. The van der Waals surface area contributed by atoms with Crippen LogP contribution in [0.3, 0.4) is 0 Å². The zero-order valence-electron chi connectivity index (χ0n) is 18.9. The second-order valence-electron chi connectivity index (χ2n) is 8.34. The van der Waals surface area contributed by atoms with Crippen LogP contribution in [0.4, 0.5) is 0 Å². The van der Waals surface area contributed by atoms with E-state index in [0.717, 1.165) is 32.5 Å². The van der Waals surface area contributed by atoms with E-state index in [-0.39, 0.29) is 30.0 Å². The molecule has 0 spiro atoms.